The SMILES string of the molecule is CCC=CCC=CCC=CCC=CCC=CCCCCCC(=O)OCC(COP(=O)(O)OCC(O)CO)OC(=O)CCCCCC=CCC=CCC=CCC=CCC=CCC. The van der Waals surface area contributed by atoms with Crippen LogP contribution in [0.25, 0.3) is 0 Å². The van der Waals surface area contributed by atoms with Crippen LogP contribution in [0, 0.1) is 0 Å². The first-order valence-electron chi connectivity index (χ1n) is 22.5. The zero-order valence-electron chi connectivity index (χ0n) is 37.3. The van der Waals surface area contributed by atoms with Crippen molar-refractivity contribution in [1.82, 2.24) is 0 Å². The molecule has 0 heterocycles. The van der Waals surface area contributed by atoms with Crippen molar-refractivity contribution in [2.45, 2.75) is 154 Å². The van der Waals surface area contributed by atoms with Gasteiger partial charge in [0.25, 0.3) is 0 Å². The van der Waals surface area contributed by atoms with Crippen molar-refractivity contribution in [3.05, 3.63) is 122 Å². The molecule has 0 saturated heterocycles. The third kappa shape index (κ3) is 44.2. The van der Waals surface area contributed by atoms with E-state index in [4.69, 9.17) is 19.1 Å². The van der Waals surface area contributed by atoms with Crippen LogP contribution < -0.4 is 0 Å². The number of allylic oxidation sites excluding steroid dienone is 20. The van der Waals surface area contributed by atoms with Crippen molar-refractivity contribution in [1.29, 1.82) is 0 Å². The second-order valence-electron chi connectivity index (χ2n) is 14.3. The summed E-state index contributed by atoms with van der Waals surface area (Å²) < 4.78 is 32.7. The van der Waals surface area contributed by atoms with Gasteiger partial charge in [0, 0.05) is 12.8 Å². The van der Waals surface area contributed by atoms with Gasteiger partial charge in [0.15, 0.2) is 6.10 Å². The standard InChI is InChI=1S/C50H79O10P/c1-3-5-7-9-11-13-15-17-19-21-23-25-27-29-31-33-35-37-39-41-49(53)57-45-48(46-59-61(55,56)58-44-47(52)43-51)60-50(54)42-40-38-36-34-32-30-28-26-24-22-20-18-16-14-12-10-8-6-4-2/h5-8,11-14,17-20,23-26,29-32,47-48,51-52H,3-4,9-10,15-16,21-22,27-28,33-46H2,1-2H3,(H,55,56). The lowest BCUT2D eigenvalue weighted by atomic mass is 10.1. The molecule has 0 rings (SSSR count). The smallest absolute Gasteiger partial charge is 0.462 e. The second-order valence-corrected chi connectivity index (χ2v) is 15.8. The van der Waals surface area contributed by atoms with Gasteiger partial charge in [-0.1, -0.05) is 148 Å². The van der Waals surface area contributed by atoms with E-state index in [1.165, 1.54) is 0 Å². The predicted octanol–water partition coefficient (Wildman–Crippen LogP) is 12.3. The highest BCUT2D eigenvalue weighted by Gasteiger charge is 2.27. The Hall–Kier alpha value is -3.63. The van der Waals surface area contributed by atoms with Crippen LogP contribution in [0.1, 0.15) is 142 Å². The summed E-state index contributed by atoms with van der Waals surface area (Å²) in [4.78, 5) is 35.1. The fourth-order valence-corrected chi connectivity index (χ4v) is 6.01. The lowest BCUT2D eigenvalue weighted by Crippen LogP contribution is -2.29. The molecule has 0 aromatic heterocycles. The minimum Gasteiger partial charge on any atom is -0.462 e. The first-order chi connectivity index (χ1) is 29.7. The van der Waals surface area contributed by atoms with Gasteiger partial charge in [-0.05, 0) is 103 Å². The van der Waals surface area contributed by atoms with Crippen molar-refractivity contribution < 1.29 is 47.8 Å². The van der Waals surface area contributed by atoms with E-state index in [2.05, 4.69) is 140 Å². The fourth-order valence-electron chi connectivity index (χ4n) is 5.22. The van der Waals surface area contributed by atoms with Gasteiger partial charge < -0.3 is 24.6 Å². The highest BCUT2D eigenvalue weighted by atomic mass is 31.2. The molecule has 3 unspecified atom stereocenters. The first kappa shape index (κ1) is 57.4. The lowest BCUT2D eigenvalue weighted by Gasteiger charge is -2.20. The molecule has 61 heavy (non-hydrogen) atoms. The Morgan fingerprint density at radius 1 is 0.492 bits per heavy atom. The zero-order chi connectivity index (χ0) is 44.8. The largest absolute Gasteiger partial charge is 0.472 e. The summed E-state index contributed by atoms with van der Waals surface area (Å²) >= 11 is 0. The summed E-state index contributed by atoms with van der Waals surface area (Å²) in [6, 6.07) is 0. The van der Waals surface area contributed by atoms with Crippen LogP contribution in [0.4, 0.5) is 0 Å². The van der Waals surface area contributed by atoms with E-state index < -0.39 is 51.8 Å². The maximum absolute atomic E-state index is 12.6. The number of phosphoric acid groups is 1. The summed E-state index contributed by atoms with van der Waals surface area (Å²) in [7, 11) is -4.65. The van der Waals surface area contributed by atoms with E-state index in [1.807, 2.05) is 0 Å². The second kappa shape index (κ2) is 44.4. The Labute approximate surface area is 368 Å². The minimum absolute atomic E-state index is 0.129. The van der Waals surface area contributed by atoms with Gasteiger partial charge in [0.1, 0.15) is 12.7 Å². The average Bonchev–Trinajstić information content (AvgIpc) is 3.25. The van der Waals surface area contributed by atoms with Crippen molar-refractivity contribution in [3.8, 4) is 0 Å². The van der Waals surface area contributed by atoms with Gasteiger partial charge >= 0.3 is 19.8 Å². The molecule has 0 amide bonds. The van der Waals surface area contributed by atoms with E-state index in [0.29, 0.717) is 12.8 Å². The quantitative estimate of drug-likeness (QED) is 0.0235. The highest BCUT2D eigenvalue weighted by Crippen LogP contribution is 2.43. The van der Waals surface area contributed by atoms with Gasteiger partial charge in [0.2, 0.25) is 0 Å². The minimum atomic E-state index is -4.65. The van der Waals surface area contributed by atoms with E-state index >= 15 is 0 Å². The summed E-state index contributed by atoms with van der Waals surface area (Å²) in [6.45, 7) is 2.05. The molecule has 10 nitrogen and oxygen atoms in total. The summed E-state index contributed by atoms with van der Waals surface area (Å²) in [5.41, 5.74) is 0. The lowest BCUT2D eigenvalue weighted by molar-refractivity contribution is -0.161. The summed E-state index contributed by atoms with van der Waals surface area (Å²) in [6.07, 6.45) is 57.3. The number of hydrogen-bond donors (Lipinski definition) is 3. The van der Waals surface area contributed by atoms with Crippen LogP contribution in [0.5, 0.6) is 0 Å². The van der Waals surface area contributed by atoms with Gasteiger partial charge in [-0.15, -0.1) is 0 Å². The molecule has 0 saturated carbocycles. The van der Waals surface area contributed by atoms with Crippen molar-refractivity contribution in [2.75, 3.05) is 26.4 Å². The van der Waals surface area contributed by atoms with Crippen LogP contribution >= 0.6 is 7.82 Å². The molecule has 0 aromatic rings. The first-order valence-corrected chi connectivity index (χ1v) is 24.0. The number of phosphoric ester groups is 1. The molecule has 0 bridgehead atoms. The molecule has 0 radical (unpaired) electrons. The predicted molar refractivity (Wildman–Crippen MR) is 251 cm³/mol. The van der Waals surface area contributed by atoms with Crippen LogP contribution in [0.2, 0.25) is 0 Å². The van der Waals surface area contributed by atoms with Crippen molar-refractivity contribution >= 4 is 19.8 Å². The topological polar surface area (TPSA) is 149 Å². The number of esters is 2. The number of ether oxygens (including phenoxy) is 2. The van der Waals surface area contributed by atoms with E-state index in [1.54, 1.807) is 0 Å². The number of carbonyl (C=O) groups is 2. The Kier molecular flexibility index (Phi) is 41.8. The van der Waals surface area contributed by atoms with Crippen molar-refractivity contribution in [2.24, 2.45) is 0 Å². The number of aliphatic hydroxyl groups is 2. The number of rotatable bonds is 40. The van der Waals surface area contributed by atoms with E-state index in [9.17, 15) is 24.2 Å². The molecular weight excluding hydrogens is 792 g/mol. The van der Waals surface area contributed by atoms with Crippen LogP contribution in [0.3, 0.4) is 0 Å². The summed E-state index contributed by atoms with van der Waals surface area (Å²) in [5.74, 6) is -1.01. The molecule has 0 aliphatic carbocycles. The molecular formula is C50H79O10P. The third-order valence-corrected chi connectivity index (χ3v) is 9.56. The van der Waals surface area contributed by atoms with Gasteiger partial charge in [-0.25, -0.2) is 4.57 Å². The Morgan fingerprint density at radius 2 is 0.852 bits per heavy atom. The normalized spacial score (nSPS) is 14.9. The maximum Gasteiger partial charge on any atom is 0.472 e. The number of unbranched alkanes of at least 4 members (excludes halogenated alkanes) is 6. The number of carbonyl (C=O) groups excluding carboxylic acids is 2. The Bertz CT molecular complexity index is 1420. The highest BCUT2D eigenvalue weighted by molar-refractivity contribution is 7.47. The van der Waals surface area contributed by atoms with Crippen LogP contribution in [-0.4, -0.2) is 65.7 Å². The summed E-state index contributed by atoms with van der Waals surface area (Å²) in [5, 5.41) is 18.4. The maximum atomic E-state index is 12.6. The van der Waals surface area contributed by atoms with Gasteiger partial charge in [-0.2, -0.15) is 0 Å². The fraction of sp³-hybridized carbons (Fsp3) is 0.560. The van der Waals surface area contributed by atoms with E-state index in [0.717, 1.165) is 103 Å². The molecule has 0 fully saturated rings. The third-order valence-electron chi connectivity index (χ3n) is 8.61. The molecule has 0 aliphatic heterocycles. The Morgan fingerprint density at radius 3 is 1.25 bits per heavy atom. The van der Waals surface area contributed by atoms with E-state index in [-0.39, 0.29) is 19.4 Å². The van der Waals surface area contributed by atoms with Gasteiger partial charge in [0.05, 0.1) is 19.8 Å². The van der Waals surface area contributed by atoms with Crippen LogP contribution in [-0.2, 0) is 32.7 Å². The Balaban J connectivity index is 4.44. The van der Waals surface area contributed by atoms with Crippen molar-refractivity contribution in [3.63, 3.8) is 0 Å². The number of aliphatic hydroxyl groups excluding tert-OH is 2. The molecule has 0 aromatic carbocycles. The molecule has 3 atom stereocenters. The molecule has 3 N–H and O–H groups in total. The average molecular weight is 871 g/mol. The molecule has 11 heteroatoms. The van der Waals surface area contributed by atoms with Gasteiger partial charge in [-0.3, -0.25) is 18.6 Å². The molecule has 344 valence electrons. The number of hydrogen-bond acceptors (Lipinski definition) is 9. The monoisotopic (exact) mass is 871 g/mol. The molecule has 0 spiro atoms. The molecule has 0 aliphatic rings. The van der Waals surface area contributed by atoms with Crippen LogP contribution in [0.15, 0.2) is 122 Å². The zero-order valence-corrected chi connectivity index (χ0v) is 38.2.